The first-order valence-corrected chi connectivity index (χ1v) is 5.76. The molecule has 1 amide bonds. The second kappa shape index (κ2) is 6.13. The summed E-state index contributed by atoms with van der Waals surface area (Å²) in [5.41, 5.74) is 6.79. The molecule has 0 spiro atoms. The van der Waals surface area contributed by atoms with Gasteiger partial charge >= 0.3 is 0 Å². The molecule has 1 rings (SSSR count). The summed E-state index contributed by atoms with van der Waals surface area (Å²) >= 11 is 0. The maximum absolute atomic E-state index is 11.8. The highest BCUT2D eigenvalue weighted by Gasteiger charge is 2.08. The van der Waals surface area contributed by atoms with Gasteiger partial charge in [0.15, 0.2) is 0 Å². The number of anilines is 1. The first-order valence-electron chi connectivity index (χ1n) is 5.76. The predicted molar refractivity (Wildman–Crippen MR) is 69.2 cm³/mol. The molecule has 0 saturated carbocycles. The number of methoxy groups -OCH3 is 1. The van der Waals surface area contributed by atoms with Crippen LogP contribution in [-0.4, -0.2) is 19.6 Å². The molecule has 0 bridgehead atoms. The zero-order chi connectivity index (χ0) is 12.8. The fraction of sp³-hybridized carbons (Fsp3) is 0.462. The van der Waals surface area contributed by atoms with Gasteiger partial charge in [0.25, 0.3) is 5.91 Å². The van der Waals surface area contributed by atoms with E-state index in [9.17, 15) is 4.79 Å². The maximum Gasteiger partial charge on any atom is 0.251 e. The summed E-state index contributed by atoms with van der Waals surface area (Å²) in [7, 11) is 1.53. The van der Waals surface area contributed by atoms with Crippen LogP contribution < -0.4 is 15.8 Å². The number of hydrogen-bond donors (Lipinski definition) is 2. The van der Waals surface area contributed by atoms with Crippen molar-refractivity contribution in [1.29, 1.82) is 0 Å². The molecule has 4 nitrogen and oxygen atoms in total. The molecule has 0 unspecified atom stereocenters. The zero-order valence-electron chi connectivity index (χ0n) is 10.6. The molecular formula is C13H20N2O2. The van der Waals surface area contributed by atoms with Crippen LogP contribution in [0.25, 0.3) is 0 Å². The van der Waals surface area contributed by atoms with E-state index < -0.39 is 0 Å². The van der Waals surface area contributed by atoms with Crippen molar-refractivity contribution in [3.8, 4) is 5.75 Å². The summed E-state index contributed by atoms with van der Waals surface area (Å²) in [6.07, 6.45) is 0.970. The van der Waals surface area contributed by atoms with Crippen molar-refractivity contribution in [2.24, 2.45) is 5.92 Å². The summed E-state index contributed by atoms with van der Waals surface area (Å²) in [4.78, 5) is 11.8. The van der Waals surface area contributed by atoms with Crippen LogP contribution in [0.5, 0.6) is 5.75 Å². The number of rotatable bonds is 5. The third kappa shape index (κ3) is 3.98. The van der Waals surface area contributed by atoms with Crippen molar-refractivity contribution in [1.82, 2.24) is 5.32 Å². The highest BCUT2D eigenvalue weighted by molar-refractivity contribution is 5.95. The smallest absolute Gasteiger partial charge is 0.251 e. The van der Waals surface area contributed by atoms with Gasteiger partial charge in [-0.2, -0.15) is 0 Å². The van der Waals surface area contributed by atoms with Crippen molar-refractivity contribution >= 4 is 11.6 Å². The van der Waals surface area contributed by atoms with Gasteiger partial charge in [0.1, 0.15) is 5.75 Å². The molecule has 0 aliphatic carbocycles. The first-order chi connectivity index (χ1) is 8.04. The topological polar surface area (TPSA) is 64.3 Å². The lowest BCUT2D eigenvalue weighted by Crippen LogP contribution is -2.25. The molecule has 0 saturated heterocycles. The van der Waals surface area contributed by atoms with Crippen LogP contribution in [0.4, 0.5) is 5.69 Å². The van der Waals surface area contributed by atoms with Crippen molar-refractivity contribution in [2.45, 2.75) is 20.3 Å². The van der Waals surface area contributed by atoms with Gasteiger partial charge < -0.3 is 15.8 Å². The van der Waals surface area contributed by atoms with Gasteiger partial charge in [-0.15, -0.1) is 0 Å². The van der Waals surface area contributed by atoms with Crippen molar-refractivity contribution in [3.63, 3.8) is 0 Å². The van der Waals surface area contributed by atoms with Crippen LogP contribution in [0.2, 0.25) is 0 Å². The zero-order valence-corrected chi connectivity index (χ0v) is 10.6. The van der Waals surface area contributed by atoms with E-state index in [1.54, 1.807) is 18.2 Å². The quantitative estimate of drug-likeness (QED) is 0.769. The van der Waals surface area contributed by atoms with Gasteiger partial charge in [0, 0.05) is 12.1 Å². The standard InChI is InChI=1S/C13H20N2O2/c1-9(2)6-7-15-13(16)10-4-5-11(14)12(8-10)17-3/h4-5,8-9H,6-7,14H2,1-3H3,(H,15,16). The van der Waals surface area contributed by atoms with E-state index in [2.05, 4.69) is 19.2 Å². The summed E-state index contributed by atoms with van der Waals surface area (Å²) in [5.74, 6) is 1.02. The number of nitrogens with two attached hydrogens (primary N) is 1. The third-order valence-electron chi connectivity index (χ3n) is 2.50. The van der Waals surface area contributed by atoms with Crippen molar-refractivity contribution in [2.75, 3.05) is 19.4 Å². The second-order valence-corrected chi connectivity index (χ2v) is 4.40. The number of amides is 1. The Morgan fingerprint density at radius 2 is 2.18 bits per heavy atom. The molecule has 0 atom stereocenters. The highest BCUT2D eigenvalue weighted by Crippen LogP contribution is 2.21. The average Bonchev–Trinajstić information content (AvgIpc) is 2.29. The van der Waals surface area contributed by atoms with Crippen LogP contribution in [0.1, 0.15) is 30.6 Å². The monoisotopic (exact) mass is 236 g/mol. The lowest BCUT2D eigenvalue weighted by atomic mass is 10.1. The molecule has 1 aromatic carbocycles. The Balaban J connectivity index is 2.63. The van der Waals surface area contributed by atoms with Gasteiger partial charge in [0.2, 0.25) is 0 Å². The number of hydrogen-bond acceptors (Lipinski definition) is 3. The number of carbonyl (C=O) groups excluding carboxylic acids is 1. The Morgan fingerprint density at radius 1 is 1.47 bits per heavy atom. The van der Waals surface area contributed by atoms with E-state index in [1.807, 2.05) is 0 Å². The van der Waals surface area contributed by atoms with E-state index in [1.165, 1.54) is 7.11 Å². The Bertz CT molecular complexity index is 389. The highest BCUT2D eigenvalue weighted by atomic mass is 16.5. The normalized spacial score (nSPS) is 10.4. The van der Waals surface area contributed by atoms with E-state index in [0.717, 1.165) is 6.42 Å². The Morgan fingerprint density at radius 3 is 2.76 bits per heavy atom. The van der Waals surface area contributed by atoms with Gasteiger partial charge in [-0.3, -0.25) is 4.79 Å². The van der Waals surface area contributed by atoms with Crippen LogP contribution in [0.15, 0.2) is 18.2 Å². The predicted octanol–water partition coefficient (Wildman–Crippen LogP) is 2.05. The van der Waals surface area contributed by atoms with Crippen LogP contribution >= 0.6 is 0 Å². The van der Waals surface area contributed by atoms with Crippen molar-refractivity contribution in [3.05, 3.63) is 23.8 Å². The van der Waals surface area contributed by atoms with Gasteiger partial charge in [-0.1, -0.05) is 13.8 Å². The van der Waals surface area contributed by atoms with Crippen LogP contribution in [0, 0.1) is 5.92 Å². The molecule has 17 heavy (non-hydrogen) atoms. The SMILES string of the molecule is COc1cc(C(=O)NCCC(C)C)ccc1N. The van der Waals surface area contributed by atoms with E-state index in [-0.39, 0.29) is 5.91 Å². The minimum absolute atomic E-state index is 0.0936. The summed E-state index contributed by atoms with van der Waals surface area (Å²) in [5, 5.41) is 2.87. The number of carbonyl (C=O) groups is 1. The molecule has 0 aliphatic heterocycles. The number of nitrogens with one attached hydrogen (secondary N) is 1. The van der Waals surface area contributed by atoms with E-state index >= 15 is 0 Å². The maximum atomic E-state index is 11.8. The molecule has 1 aromatic rings. The van der Waals surface area contributed by atoms with Gasteiger partial charge in [-0.25, -0.2) is 0 Å². The molecule has 0 radical (unpaired) electrons. The fourth-order valence-corrected chi connectivity index (χ4v) is 1.43. The largest absolute Gasteiger partial charge is 0.495 e. The van der Waals surface area contributed by atoms with Crippen LogP contribution in [-0.2, 0) is 0 Å². The van der Waals surface area contributed by atoms with Gasteiger partial charge in [0.05, 0.1) is 12.8 Å². The lowest BCUT2D eigenvalue weighted by Gasteiger charge is -2.09. The number of nitrogen functional groups attached to an aromatic ring is 1. The first kappa shape index (κ1) is 13.4. The van der Waals surface area contributed by atoms with Crippen LogP contribution in [0.3, 0.4) is 0 Å². The molecule has 0 aromatic heterocycles. The molecule has 3 N–H and O–H groups in total. The lowest BCUT2D eigenvalue weighted by molar-refractivity contribution is 0.0951. The fourth-order valence-electron chi connectivity index (χ4n) is 1.43. The minimum Gasteiger partial charge on any atom is -0.495 e. The molecule has 4 heteroatoms. The molecule has 0 aliphatic rings. The minimum atomic E-state index is -0.0936. The van der Waals surface area contributed by atoms with E-state index in [4.69, 9.17) is 10.5 Å². The average molecular weight is 236 g/mol. The number of benzene rings is 1. The van der Waals surface area contributed by atoms with Gasteiger partial charge in [-0.05, 0) is 30.5 Å². The summed E-state index contributed by atoms with van der Waals surface area (Å²) in [6, 6.07) is 5.03. The summed E-state index contributed by atoms with van der Waals surface area (Å²) < 4.78 is 5.07. The molecule has 94 valence electrons. The Kier molecular flexibility index (Phi) is 4.82. The molecular weight excluding hydrogens is 216 g/mol. The number of ether oxygens (including phenoxy) is 1. The Hall–Kier alpha value is -1.71. The van der Waals surface area contributed by atoms with E-state index in [0.29, 0.717) is 29.5 Å². The molecule has 0 heterocycles. The Labute approximate surface area is 102 Å². The third-order valence-corrected chi connectivity index (χ3v) is 2.50. The summed E-state index contributed by atoms with van der Waals surface area (Å²) in [6.45, 7) is 4.93. The molecule has 0 fully saturated rings. The second-order valence-electron chi connectivity index (χ2n) is 4.40. The van der Waals surface area contributed by atoms with Crippen molar-refractivity contribution < 1.29 is 9.53 Å².